The highest BCUT2D eigenvalue weighted by Crippen LogP contribution is 2.15. The van der Waals surface area contributed by atoms with Gasteiger partial charge in [-0.2, -0.15) is 0 Å². The molecule has 0 radical (unpaired) electrons. The number of fused-ring (bicyclic) bond motifs is 1. The summed E-state index contributed by atoms with van der Waals surface area (Å²) >= 11 is 0. The molecule has 1 aromatic carbocycles. The first kappa shape index (κ1) is 23.1. The van der Waals surface area contributed by atoms with Crippen molar-refractivity contribution in [2.75, 3.05) is 0 Å². The number of benzene rings is 1. The number of hydrogen-bond acceptors (Lipinski definition) is 4. The monoisotopic (exact) mass is 322 g/mol. The lowest BCUT2D eigenvalue weighted by Crippen LogP contribution is -2.28. The van der Waals surface area contributed by atoms with E-state index in [1.54, 1.807) is 39.0 Å². The Morgan fingerprint density at radius 3 is 2.30 bits per heavy atom. The zero-order valence-corrected chi connectivity index (χ0v) is 13.2. The second-order valence-electron chi connectivity index (χ2n) is 5.35. The predicted molar refractivity (Wildman–Crippen MR) is 96.4 cm³/mol. The Labute approximate surface area is 139 Å². The molecular formula is C18H30N2O3. The highest BCUT2D eigenvalue weighted by atomic mass is 16.5. The Morgan fingerprint density at radius 1 is 1.17 bits per heavy atom. The zero-order chi connectivity index (χ0) is 16.0. The Bertz CT molecular complexity index is 670. The number of nitrogens with zero attached hydrogens (tertiary/aromatic N) is 2. The third-order valence-corrected chi connectivity index (χ3v) is 2.68. The normalized spacial score (nSPS) is 9.78. The van der Waals surface area contributed by atoms with E-state index in [9.17, 15) is 9.59 Å². The minimum atomic E-state index is -0.589. The molecule has 0 saturated heterocycles. The van der Waals surface area contributed by atoms with Crippen molar-refractivity contribution in [3.05, 3.63) is 40.9 Å². The van der Waals surface area contributed by atoms with Crippen molar-refractivity contribution in [1.29, 1.82) is 0 Å². The molecule has 5 nitrogen and oxygen atoms in total. The summed E-state index contributed by atoms with van der Waals surface area (Å²) in [5.41, 5.74) is -0.174. The number of carbonyl (C=O) groups is 1. The van der Waals surface area contributed by atoms with E-state index in [-0.39, 0.29) is 33.1 Å². The van der Waals surface area contributed by atoms with Crippen LogP contribution in [0.5, 0.6) is 0 Å². The highest BCUT2D eigenvalue weighted by molar-refractivity contribution is 5.77. The van der Waals surface area contributed by atoms with E-state index in [4.69, 9.17) is 4.74 Å². The minimum Gasteiger partial charge on any atom is -0.443 e. The van der Waals surface area contributed by atoms with Gasteiger partial charge in [-0.25, -0.2) is 4.98 Å². The van der Waals surface area contributed by atoms with Crippen LogP contribution in [0.4, 0.5) is 0 Å². The molecule has 0 N–H and O–H groups in total. The number of aromatic nitrogens is 2. The van der Waals surface area contributed by atoms with Gasteiger partial charge in [-0.1, -0.05) is 40.8 Å². The van der Waals surface area contributed by atoms with Gasteiger partial charge >= 0.3 is 5.97 Å². The molecule has 23 heavy (non-hydrogen) atoms. The van der Waals surface area contributed by atoms with Crippen LogP contribution in [0.1, 0.15) is 49.5 Å². The highest BCUT2D eigenvalue weighted by Gasteiger charge is 2.23. The maximum absolute atomic E-state index is 12.1. The Morgan fingerprint density at radius 2 is 1.74 bits per heavy atom. The summed E-state index contributed by atoms with van der Waals surface area (Å²) in [6.45, 7) is 9.16. The Balaban J connectivity index is 0. The van der Waals surface area contributed by atoms with Crippen LogP contribution < -0.4 is 5.56 Å². The van der Waals surface area contributed by atoms with E-state index >= 15 is 0 Å². The van der Waals surface area contributed by atoms with Crippen LogP contribution in [-0.4, -0.2) is 15.5 Å². The molecule has 1 heterocycles. The van der Waals surface area contributed by atoms with Crippen LogP contribution >= 0.6 is 0 Å². The quantitative estimate of drug-likeness (QED) is 0.776. The number of esters is 1. The van der Waals surface area contributed by atoms with E-state index in [2.05, 4.69) is 4.98 Å². The number of carbonyl (C=O) groups excluding carboxylic acids is 1. The minimum absolute atomic E-state index is 0. The number of rotatable bonds is 2. The summed E-state index contributed by atoms with van der Waals surface area (Å²) in [5.74, 6) is -0.354. The fraction of sp³-hybridized carbons (Fsp3) is 0.500. The summed E-state index contributed by atoms with van der Waals surface area (Å²) in [4.78, 5) is 27.9. The van der Waals surface area contributed by atoms with Crippen LogP contribution in [0, 0.1) is 5.41 Å². The van der Waals surface area contributed by atoms with Crippen molar-refractivity contribution >= 4 is 16.9 Å². The van der Waals surface area contributed by atoms with Gasteiger partial charge in [-0.05, 0) is 32.9 Å². The molecular weight excluding hydrogens is 292 g/mol. The number of ether oxygens (including phenoxy) is 1. The predicted octanol–water partition coefficient (Wildman–Crippen LogP) is 4.24. The second kappa shape index (κ2) is 9.77. The van der Waals surface area contributed by atoms with Crippen molar-refractivity contribution in [3.63, 3.8) is 0 Å². The van der Waals surface area contributed by atoms with Crippen molar-refractivity contribution in [3.8, 4) is 0 Å². The Hall–Kier alpha value is -2.17. The summed E-state index contributed by atoms with van der Waals surface area (Å²) in [6, 6.07) is 7.06. The van der Waals surface area contributed by atoms with Gasteiger partial charge in [0.15, 0.2) is 6.73 Å². The molecule has 0 aliphatic carbocycles. The van der Waals surface area contributed by atoms with Crippen LogP contribution in [0.15, 0.2) is 35.4 Å². The topological polar surface area (TPSA) is 61.2 Å². The molecule has 2 aromatic rings. The molecule has 0 saturated carbocycles. The van der Waals surface area contributed by atoms with Crippen molar-refractivity contribution in [2.45, 2.75) is 56.2 Å². The van der Waals surface area contributed by atoms with Gasteiger partial charge in [0, 0.05) is 0 Å². The lowest BCUT2D eigenvalue weighted by molar-refractivity contribution is -0.157. The van der Waals surface area contributed by atoms with E-state index in [0.29, 0.717) is 10.9 Å². The first-order valence-corrected chi connectivity index (χ1v) is 7.01. The fourth-order valence-electron chi connectivity index (χ4n) is 1.54. The van der Waals surface area contributed by atoms with Crippen LogP contribution in [0.2, 0.25) is 0 Å². The van der Waals surface area contributed by atoms with Gasteiger partial charge in [0.1, 0.15) is 6.33 Å². The molecule has 0 spiro atoms. The SMILES string of the molecule is C.C.CC.CC(C)(C)C(=O)OCn1cnc2ccccc2c1=O. The van der Waals surface area contributed by atoms with Crippen LogP contribution in [0.25, 0.3) is 10.9 Å². The lowest BCUT2D eigenvalue weighted by Gasteiger charge is -2.17. The molecule has 0 unspecified atom stereocenters. The summed E-state index contributed by atoms with van der Waals surface area (Å²) < 4.78 is 6.39. The molecule has 0 aliphatic heterocycles. The number of para-hydroxylation sites is 1. The standard InChI is InChI=1S/C14H16N2O3.C2H6.2CH4/c1-14(2,3)13(18)19-9-16-8-15-11-7-5-4-6-10(11)12(16)17;1-2;;/h4-8H,9H2,1-3H3;1-2H3;2*1H4. The molecule has 2 rings (SSSR count). The second-order valence-corrected chi connectivity index (χ2v) is 5.35. The van der Waals surface area contributed by atoms with Gasteiger partial charge < -0.3 is 4.74 Å². The van der Waals surface area contributed by atoms with Crippen LogP contribution in [0.3, 0.4) is 0 Å². The largest absolute Gasteiger partial charge is 0.443 e. The van der Waals surface area contributed by atoms with Crippen molar-refractivity contribution < 1.29 is 9.53 Å². The van der Waals surface area contributed by atoms with Gasteiger partial charge in [0.2, 0.25) is 0 Å². The fourth-order valence-corrected chi connectivity index (χ4v) is 1.54. The lowest BCUT2D eigenvalue weighted by atomic mass is 9.98. The summed E-state index contributed by atoms with van der Waals surface area (Å²) in [5, 5.41) is 0.511. The molecule has 0 aliphatic rings. The van der Waals surface area contributed by atoms with E-state index in [1.807, 2.05) is 19.9 Å². The average Bonchev–Trinajstić information content (AvgIpc) is 2.47. The molecule has 1 aromatic heterocycles. The van der Waals surface area contributed by atoms with Gasteiger partial charge in [-0.15, -0.1) is 0 Å². The van der Waals surface area contributed by atoms with Crippen LogP contribution in [-0.2, 0) is 16.3 Å². The molecule has 0 fully saturated rings. The third-order valence-electron chi connectivity index (χ3n) is 2.68. The molecule has 0 atom stereocenters. The summed E-state index contributed by atoms with van der Waals surface area (Å²) in [7, 11) is 0. The maximum atomic E-state index is 12.1. The number of hydrogen-bond donors (Lipinski definition) is 0. The first-order chi connectivity index (χ1) is 9.89. The average molecular weight is 322 g/mol. The molecule has 130 valence electrons. The molecule has 5 heteroatoms. The van der Waals surface area contributed by atoms with Crippen molar-refractivity contribution in [1.82, 2.24) is 9.55 Å². The van der Waals surface area contributed by atoms with Gasteiger partial charge in [-0.3, -0.25) is 14.2 Å². The van der Waals surface area contributed by atoms with E-state index in [0.717, 1.165) is 0 Å². The molecule has 0 amide bonds. The summed E-state index contributed by atoms with van der Waals surface area (Å²) in [6.07, 6.45) is 1.39. The van der Waals surface area contributed by atoms with Gasteiger partial charge in [0.05, 0.1) is 16.3 Å². The smallest absolute Gasteiger partial charge is 0.312 e. The maximum Gasteiger partial charge on any atom is 0.312 e. The van der Waals surface area contributed by atoms with Crippen molar-refractivity contribution in [2.24, 2.45) is 5.41 Å². The van der Waals surface area contributed by atoms with Gasteiger partial charge in [0.25, 0.3) is 5.56 Å². The third kappa shape index (κ3) is 5.85. The Kier molecular flexibility index (Phi) is 9.81. The van der Waals surface area contributed by atoms with E-state index in [1.165, 1.54) is 10.9 Å². The first-order valence-electron chi connectivity index (χ1n) is 7.01. The van der Waals surface area contributed by atoms with E-state index < -0.39 is 5.41 Å². The molecule has 0 bridgehead atoms. The zero-order valence-electron chi connectivity index (χ0n) is 13.2.